The van der Waals surface area contributed by atoms with E-state index in [1.54, 1.807) is 0 Å². The molecule has 1 heterocycles. The van der Waals surface area contributed by atoms with E-state index in [-0.39, 0.29) is 17.7 Å². The number of nitrogens with one attached hydrogen (secondary N) is 1. The van der Waals surface area contributed by atoms with Crippen molar-refractivity contribution in [1.82, 2.24) is 9.80 Å². The Morgan fingerprint density at radius 3 is 2.03 bits per heavy atom. The molecule has 1 fully saturated rings. The van der Waals surface area contributed by atoms with Crippen molar-refractivity contribution in [2.24, 2.45) is 5.92 Å². The Morgan fingerprint density at radius 1 is 0.931 bits per heavy atom. The standard InChI is InChI=1S/C23H29N3O3/c1-17(2)23(28)26-14-12-25(13-15-26)16-22(27)24-19-6-10-21(11-7-19)29-20-8-4-18(3)5-9-20/h4-11,17H,12-16H2,1-3H3,(H,24,27). The van der Waals surface area contributed by atoms with Gasteiger partial charge >= 0.3 is 0 Å². The minimum Gasteiger partial charge on any atom is -0.457 e. The van der Waals surface area contributed by atoms with Crippen LogP contribution in [0.5, 0.6) is 11.5 Å². The van der Waals surface area contributed by atoms with E-state index in [0.29, 0.717) is 19.6 Å². The Kier molecular flexibility index (Phi) is 6.88. The quantitative estimate of drug-likeness (QED) is 0.813. The third-order valence-corrected chi connectivity index (χ3v) is 4.94. The first kappa shape index (κ1) is 20.9. The van der Waals surface area contributed by atoms with E-state index >= 15 is 0 Å². The number of hydrogen-bond acceptors (Lipinski definition) is 4. The fraction of sp³-hybridized carbons (Fsp3) is 0.391. The second-order valence-corrected chi connectivity index (χ2v) is 7.74. The first-order valence-electron chi connectivity index (χ1n) is 10.1. The van der Waals surface area contributed by atoms with Gasteiger partial charge in [-0.3, -0.25) is 14.5 Å². The minimum atomic E-state index is -0.0548. The van der Waals surface area contributed by atoms with Crippen LogP contribution in [-0.4, -0.2) is 54.3 Å². The van der Waals surface area contributed by atoms with E-state index in [1.165, 1.54) is 5.56 Å². The molecule has 1 aliphatic rings. The van der Waals surface area contributed by atoms with Gasteiger partial charge in [-0.1, -0.05) is 31.5 Å². The molecular formula is C23H29N3O3. The summed E-state index contributed by atoms with van der Waals surface area (Å²) in [6.07, 6.45) is 0. The monoisotopic (exact) mass is 395 g/mol. The fourth-order valence-electron chi connectivity index (χ4n) is 3.24. The van der Waals surface area contributed by atoms with Gasteiger partial charge in [-0.25, -0.2) is 0 Å². The molecule has 29 heavy (non-hydrogen) atoms. The zero-order chi connectivity index (χ0) is 20.8. The van der Waals surface area contributed by atoms with Crippen LogP contribution < -0.4 is 10.1 Å². The fourth-order valence-corrected chi connectivity index (χ4v) is 3.24. The maximum Gasteiger partial charge on any atom is 0.238 e. The van der Waals surface area contributed by atoms with Crippen LogP contribution in [0.4, 0.5) is 5.69 Å². The Hall–Kier alpha value is -2.86. The summed E-state index contributed by atoms with van der Waals surface area (Å²) in [7, 11) is 0. The number of nitrogens with zero attached hydrogens (tertiary/aromatic N) is 2. The van der Waals surface area contributed by atoms with Gasteiger partial charge in [-0.2, -0.15) is 0 Å². The van der Waals surface area contributed by atoms with E-state index in [9.17, 15) is 9.59 Å². The van der Waals surface area contributed by atoms with Gasteiger partial charge in [0, 0.05) is 37.8 Å². The highest BCUT2D eigenvalue weighted by Crippen LogP contribution is 2.23. The summed E-state index contributed by atoms with van der Waals surface area (Å²) in [6.45, 7) is 8.98. The smallest absolute Gasteiger partial charge is 0.238 e. The maximum absolute atomic E-state index is 12.3. The zero-order valence-corrected chi connectivity index (χ0v) is 17.4. The molecule has 2 aromatic carbocycles. The number of aryl methyl sites for hydroxylation is 1. The maximum atomic E-state index is 12.3. The topological polar surface area (TPSA) is 61.9 Å². The Balaban J connectivity index is 1.45. The zero-order valence-electron chi connectivity index (χ0n) is 17.4. The van der Waals surface area contributed by atoms with Gasteiger partial charge in [0.25, 0.3) is 0 Å². The minimum absolute atomic E-state index is 0.0165. The molecule has 0 unspecified atom stereocenters. The van der Waals surface area contributed by atoms with Crippen LogP contribution in [0.25, 0.3) is 0 Å². The Labute approximate surface area is 172 Å². The highest BCUT2D eigenvalue weighted by Gasteiger charge is 2.23. The van der Waals surface area contributed by atoms with Crippen LogP contribution in [0.2, 0.25) is 0 Å². The number of piperazine rings is 1. The van der Waals surface area contributed by atoms with Gasteiger partial charge in [0.1, 0.15) is 11.5 Å². The first-order chi connectivity index (χ1) is 13.9. The molecule has 0 saturated carbocycles. The van der Waals surface area contributed by atoms with Crippen LogP contribution in [0.1, 0.15) is 19.4 Å². The molecule has 1 N–H and O–H groups in total. The van der Waals surface area contributed by atoms with E-state index < -0.39 is 0 Å². The molecule has 0 radical (unpaired) electrons. The molecule has 0 atom stereocenters. The highest BCUT2D eigenvalue weighted by molar-refractivity contribution is 5.92. The van der Waals surface area contributed by atoms with Crippen molar-refractivity contribution < 1.29 is 14.3 Å². The number of rotatable bonds is 6. The average Bonchev–Trinajstić information content (AvgIpc) is 2.71. The SMILES string of the molecule is Cc1ccc(Oc2ccc(NC(=O)CN3CCN(C(=O)C(C)C)CC3)cc2)cc1. The molecule has 0 aromatic heterocycles. The van der Waals surface area contributed by atoms with E-state index in [4.69, 9.17) is 4.74 Å². The summed E-state index contributed by atoms with van der Waals surface area (Å²) in [5, 5.41) is 2.92. The van der Waals surface area contributed by atoms with Gasteiger partial charge < -0.3 is 15.0 Å². The van der Waals surface area contributed by atoms with E-state index in [2.05, 4.69) is 10.2 Å². The number of carbonyl (C=O) groups is 2. The lowest BCUT2D eigenvalue weighted by atomic mass is 10.1. The highest BCUT2D eigenvalue weighted by atomic mass is 16.5. The van der Waals surface area contributed by atoms with Crippen molar-refractivity contribution >= 4 is 17.5 Å². The summed E-state index contributed by atoms with van der Waals surface area (Å²) in [4.78, 5) is 28.3. The average molecular weight is 396 g/mol. The lowest BCUT2D eigenvalue weighted by Gasteiger charge is -2.35. The third kappa shape index (κ3) is 6.06. The molecule has 1 aliphatic heterocycles. The van der Waals surface area contributed by atoms with Crippen LogP contribution in [-0.2, 0) is 9.59 Å². The van der Waals surface area contributed by atoms with Crippen LogP contribution in [0, 0.1) is 12.8 Å². The van der Waals surface area contributed by atoms with Crippen molar-refractivity contribution in [3.05, 3.63) is 54.1 Å². The number of benzene rings is 2. The third-order valence-electron chi connectivity index (χ3n) is 4.94. The lowest BCUT2D eigenvalue weighted by molar-refractivity contribution is -0.136. The molecule has 3 rings (SSSR count). The summed E-state index contributed by atoms with van der Waals surface area (Å²) in [5.74, 6) is 1.64. The van der Waals surface area contributed by atoms with Gasteiger partial charge in [0.05, 0.1) is 6.54 Å². The molecule has 0 aliphatic carbocycles. The lowest BCUT2D eigenvalue weighted by Crippen LogP contribution is -2.51. The van der Waals surface area contributed by atoms with Gasteiger partial charge in [0.2, 0.25) is 11.8 Å². The predicted molar refractivity (Wildman–Crippen MR) is 114 cm³/mol. The van der Waals surface area contributed by atoms with Crippen LogP contribution in [0.15, 0.2) is 48.5 Å². The number of anilines is 1. The molecule has 0 spiro atoms. The predicted octanol–water partition coefficient (Wildman–Crippen LogP) is 3.53. The molecule has 6 heteroatoms. The van der Waals surface area contributed by atoms with Gasteiger partial charge in [-0.15, -0.1) is 0 Å². The van der Waals surface area contributed by atoms with Crippen LogP contribution >= 0.6 is 0 Å². The number of hydrogen-bond donors (Lipinski definition) is 1. The molecule has 154 valence electrons. The van der Waals surface area contributed by atoms with E-state index in [0.717, 1.165) is 30.3 Å². The van der Waals surface area contributed by atoms with Gasteiger partial charge in [-0.05, 0) is 43.3 Å². The normalized spacial score (nSPS) is 14.7. The molecule has 2 aromatic rings. The number of ether oxygens (including phenoxy) is 1. The van der Waals surface area contributed by atoms with Crippen molar-refractivity contribution in [2.45, 2.75) is 20.8 Å². The van der Waals surface area contributed by atoms with Crippen molar-refractivity contribution in [2.75, 3.05) is 38.0 Å². The summed E-state index contributed by atoms with van der Waals surface area (Å²) >= 11 is 0. The second-order valence-electron chi connectivity index (χ2n) is 7.74. The molecular weight excluding hydrogens is 366 g/mol. The Bertz CT molecular complexity index is 823. The number of carbonyl (C=O) groups excluding carboxylic acids is 2. The van der Waals surface area contributed by atoms with Crippen LogP contribution in [0.3, 0.4) is 0 Å². The largest absolute Gasteiger partial charge is 0.457 e. The Morgan fingerprint density at radius 2 is 1.48 bits per heavy atom. The number of amides is 2. The molecule has 0 bridgehead atoms. The van der Waals surface area contributed by atoms with Gasteiger partial charge in [0.15, 0.2) is 0 Å². The molecule has 6 nitrogen and oxygen atoms in total. The van der Waals surface area contributed by atoms with E-state index in [1.807, 2.05) is 74.2 Å². The summed E-state index contributed by atoms with van der Waals surface area (Å²) < 4.78 is 5.81. The van der Waals surface area contributed by atoms with Crippen molar-refractivity contribution in [3.63, 3.8) is 0 Å². The first-order valence-corrected chi connectivity index (χ1v) is 10.1. The van der Waals surface area contributed by atoms with Crippen molar-refractivity contribution in [1.29, 1.82) is 0 Å². The van der Waals surface area contributed by atoms with Crippen molar-refractivity contribution in [3.8, 4) is 11.5 Å². The second kappa shape index (κ2) is 9.56. The summed E-state index contributed by atoms with van der Waals surface area (Å²) in [6, 6.07) is 15.2. The molecule has 2 amide bonds. The molecule has 1 saturated heterocycles. The summed E-state index contributed by atoms with van der Waals surface area (Å²) in [5.41, 5.74) is 1.92.